The highest BCUT2D eigenvalue weighted by Gasteiger charge is 2.48. The van der Waals surface area contributed by atoms with Crippen molar-refractivity contribution in [2.75, 3.05) is 31.1 Å². The second-order valence-corrected chi connectivity index (χ2v) is 11.6. The summed E-state index contributed by atoms with van der Waals surface area (Å²) < 4.78 is 51.2. The van der Waals surface area contributed by atoms with Crippen LogP contribution in [0.1, 0.15) is 51.5 Å². The molecule has 12 heteroatoms. The van der Waals surface area contributed by atoms with E-state index in [0.717, 1.165) is 18.9 Å². The molecule has 2 fully saturated rings. The van der Waals surface area contributed by atoms with Crippen molar-refractivity contribution in [1.29, 1.82) is 0 Å². The van der Waals surface area contributed by atoms with Crippen molar-refractivity contribution in [3.8, 4) is 11.5 Å². The van der Waals surface area contributed by atoms with E-state index >= 15 is 4.39 Å². The van der Waals surface area contributed by atoms with Gasteiger partial charge in [0.15, 0.2) is 0 Å². The molecule has 0 bridgehead atoms. The lowest BCUT2D eigenvalue weighted by Crippen LogP contribution is -2.63. The fourth-order valence-corrected chi connectivity index (χ4v) is 5.17. The SMILES string of the molecule is CC(C)(C)OC(=O)N1CC2(CCN(C(=O)N(Cc3ccc(-c4nnc(C(F)F)o4)cc3F)c3ccccc3)CC2)C1. The average Bonchev–Trinajstić information content (AvgIpc) is 3.41. The van der Waals surface area contributed by atoms with Crippen LogP contribution in [0.25, 0.3) is 11.5 Å². The van der Waals surface area contributed by atoms with Gasteiger partial charge in [-0.15, -0.1) is 10.2 Å². The molecular formula is C29H32F3N5O4. The lowest BCUT2D eigenvalue weighted by Gasteiger charge is -2.53. The number of benzene rings is 2. The van der Waals surface area contributed by atoms with Crippen molar-refractivity contribution in [1.82, 2.24) is 20.0 Å². The Hall–Kier alpha value is -4.09. The number of hydrogen-bond donors (Lipinski definition) is 0. The fourth-order valence-electron chi connectivity index (χ4n) is 5.17. The molecule has 3 heterocycles. The molecule has 2 aliphatic rings. The van der Waals surface area contributed by atoms with E-state index in [0.29, 0.717) is 31.9 Å². The van der Waals surface area contributed by atoms with E-state index in [1.807, 2.05) is 26.8 Å². The Morgan fingerprint density at radius 3 is 2.32 bits per heavy atom. The summed E-state index contributed by atoms with van der Waals surface area (Å²) in [5.74, 6) is -1.69. The number of carbonyl (C=O) groups excluding carboxylic acids is 2. The number of ether oxygens (including phenoxy) is 1. The van der Waals surface area contributed by atoms with Crippen LogP contribution in [0.4, 0.5) is 28.4 Å². The Balaban J connectivity index is 1.26. The fraction of sp³-hybridized carbons (Fsp3) is 0.448. The molecule has 2 aliphatic heterocycles. The third-order valence-corrected chi connectivity index (χ3v) is 7.35. The topological polar surface area (TPSA) is 92.0 Å². The van der Waals surface area contributed by atoms with Gasteiger partial charge in [-0.25, -0.2) is 14.0 Å². The van der Waals surface area contributed by atoms with Gasteiger partial charge >= 0.3 is 18.5 Å². The molecule has 5 rings (SSSR count). The van der Waals surface area contributed by atoms with Crippen LogP contribution in [0, 0.1) is 11.2 Å². The molecule has 0 unspecified atom stereocenters. The summed E-state index contributed by atoms with van der Waals surface area (Å²) in [6.45, 7) is 7.68. The number of hydrogen-bond acceptors (Lipinski definition) is 6. The maximum absolute atomic E-state index is 15.2. The Bertz CT molecular complexity index is 1390. The molecule has 0 saturated carbocycles. The first kappa shape index (κ1) is 28.4. The van der Waals surface area contributed by atoms with Gasteiger partial charge in [0.1, 0.15) is 11.4 Å². The van der Waals surface area contributed by atoms with Crippen LogP contribution < -0.4 is 4.90 Å². The molecule has 1 aromatic heterocycles. The maximum Gasteiger partial charge on any atom is 0.410 e. The van der Waals surface area contributed by atoms with Crippen LogP contribution in [0.2, 0.25) is 0 Å². The summed E-state index contributed by atoms with van der Waals surface area (Å²) in [5, 5.41) is 6.85. The van der Waals surface area contributed by atoms with E-state index in [2.05, 4.69) is 10.2 Å². The minimum Gasteiger partial charge on any atom is -0.444 e. The standard InChI is InChI=1S/C29H32F3N5O4/c1-28(2,3)41-27(39)36-17-29(18-36)11-13-35(14-12-29)26(38)37(21-7-5-4-6-8-21)16-20-10-9-19(15-22(20)30)24-33-34-25(40-24)23(31)32/h4-10,15,23H,11-14,16-18H2,1-3H3. The molecule has 0 aliphatic carbocycles. The first-order valence-electron chi connectivity index (χ1n) is 13.4. The number of carbonyl (C=O) groups is 2. The van der Waals surface area contributed by atoms with Crippen LogP contribution in [0.3, 0.4) is 0 Å². The number of urea groups is 1. The second kappa shape index (κ2) is 11.1. The van der Waals surface area contributed by atoms with Gasteiger partial charge < -0.3 is 19.0 Å². The quantitative estimate of drug-likeness (QED) is 0.358. The Kier molecular flexibility index (Phi) is 7.67. The van der Waals surface area contributed by atoms with Gasteiger partial charge in [-0.2, -0.15) is 8.78 Å². The van der Waals surface area contributed by atoms with Gasteiger partial charge in [-0.3, -0.25) is 4.90 Å². The largest absolute Gasteiger partial charge is 0.444 e. The minimum absolute atomic E-state index is 0.0356. The Labute approximate surface area is 235 Å². The highest BCUT2D eigenvalue weighted by Crippen LogP contribution is 2.41. The summed E-state index contributed by atoms with van der Waals surface area (Å²) in [6.07, 6.45) is -1.76. The van der Waals surface area contributed by atoms with Crippen molar-refractivity contribution >= 4 is 17.8 Å². The molecule has 41 heavy (non-hydrogen) atoms. The van der Waals surface area contributed by atoms with Crippen LogP contribution in [-0.2, 0) is 11.3 Å². The monoisotopic (exact) mass is 571 g/mol. The zero-order valence-electron chi connectivity index (χ0n) is 23.1. The highest BCUT2D eigenvalue weighted by atomic mass is 19.3. The number of anilines is 1. The summed E-state index contributed by atoms with van der Waals surface area (Å²) >= 11 is 0. The van der Waals surface area contributed by atoms with E-state index < -0.39 is 23.7 Å². The van der Waals surface area contributed by atoms with Crippen molar-refractivity contribution in [3.63, 3.8) is 0 Å². The number of alkyl halides is 2. The zero-order chi connectivity index (χ0) is 29.4. The smallest absolute Gasteiger partial charge is 0.410 e. The normalized spacial score (nSPS) is 16.6. The first-order valence-corrected chi connectivity index (χ1v) is 13.4. The first-order chi connectivity index (χ1) is 19.4. The molecule has 0 radical (unpaired) electrons. The van der Waals surface area contributed by atoms with Crippen molar-refractivity contribution in [3.05, 3.63) is 65.8 Å². The van der Waals surface area contributed by atoms with E-state index in [-0.39, 0.29) is 41.1 Å². The predicted molar refractivity (Wildman–Crippen MR) is 144 cm³/mol. The second-order valence-electron chi connectivity index (χ2n) is 11.6. The number of nitrogens with zero attached hydrogens (tertiary/aromatic N) is 5. The zero-order valence-corrected chi connectivity index (χ0v) is 23.1. The van der Waals surface area contributed by atoms with Crippen molar-refractivity contribution < 1.29 is 31.9 Å². The predicted octanol–water partition coefficient (Wildman–Crippen LogP) is 6.27. The number of halogens is 3. The number of piperidine rings is 1. The summed E-state index contributed by atoms with van der Waals surface area (Å²) in [7, 11) is 0. The van der Waals surface area contributed by atoms with E-state index in [1.165, 1.54) is 17.0 Å². The third kappa shape index (κ3) is 6.31. The van der Waals surface area contributed by atoms with Crippen LogP contribution >= 0.6 is 0 Å². The van der Waals surface area contributed by atoms with E-state index in [9.17, 15) is 18.4 Å². The summed E-state index contributed by atoms with van der Waals surface area (Å²) in [5.41, 5.74) is 0.415. The van der Waals surface area contributed by atoms with Gasteiger partial charge in [0.2, 0.25) is 5.89 Å². The maximum atomic E-state index is 15.2. The van der Waals surface area contributed by atoms with Gasteiger partial charge in [0, 0.05) is 48.4 Å². The Morgan fingerprint density at radius 2 is 1.73 bits per heavy atom. The van der Waals surface area contributed by atoms with Crippen LogP contribution in [0.15, 0.2) is 52.9 Å². The van der Waals surface area contributed by atoms with E-state index in [4.69, 9.17) is 9.15 Å². The van der Waals surface area contributed by atoms with Crippen molar-refractivity contribution in [2.24, 2.45) is 5.41 Å². The average molecular weight is 572 g/mol. The number of amides is 3. The number of rotatable bonds is 5. The van der Waals surface area contributed by atoms with Gasteiger partial charge in [-0.1, -0.05) is 24.3 Å². The molecule has 2 saturated heterocycles. The number of likely N-dealkylation sites (tertiary alicyclic amines) is 2. The van der Waals surface area contributed by atoms with Crippen molar-refractivity contribution in [2.45, 2.75) is 52.2 Å². The molecule has 218 valence electrons. The van der Waals surface area contributed by atoms with Crippen LogP contribution in [-0.4, -0.2) is 63.9 Å². The molecule has 0 atom stereocenters. The van der Waals surface area contributed by atoms with Gasteiger partial charge in [0.25, 0.3) is 5.89 Å². The summed E-state index contributed by atoms with van der Waals surface area (Å²) in [6, 6.07) is 12.8. The molecular weight excluding hydrogens is 539 g/mol. The highest BCUT2D eigenvalue weighted by molar-refractivity contribution is 5.92. The minimum atomic E-state index is -2.93. The molecule has 1 spiro atoms. The number of para-hydroxylation sites is 1. The summed E-state index contributed by atoms with van der Waals surface area (Å²) in [4.78, 5) is 31.1. The Morgan fingerprint density at radius 1 is 1.05 bits per heavy atom. The third-order valence-electron chi connectivity index (χ3n) is 7.35. The molecule has 3 aromatic rings. The van der Waals surface area contributed by atoms with E-state index in [1.54, 1.807) is 34.1 Å². The van der Waals surface area contributed by atoms with Crippen LogP contribution in [0.5, 0.6) is 0 Å². The molecule has 3 amide bonds. The molecule has 2 aromatic carbocycles. The molecule has 9 nitrogen and oxygen atoms in total. The molecule has 0 N–H and O–H groups in total. The van der Waals surface area contributed by atoms with Gasteiger partial charge in [0.05, 0.1) is 6.54 Å². The lowest BCUT2D eigenvalue weighted by atomic mass is 9.72. The number of aromatic nitrogens is 2. The van der Waals surface area contributed by atoms with Gasteiger partial charge in [-0.05, 0) is 57.9 Å². The lowest BCUT2D eigenvalue weighted by molar-refractivity contribution is -0.0548.